The van der Waals surface area contributed by atoms with Gasteiger partial charge in [0.05, 0.1) is 24.1 Å². The van der Waals surface area contributed by atoms with Crippen molar-refractivity contribution in [3.8, 4) is 0 Å². The number of ether oxygens (including phenoxy) is 1. The number of hydrogen-bond donors (Lipinski definition) is 0. The molecule has 0 atom stereocenters. The lowest BCUT2D eigenvalue weighted by atomic mass is 10.2. The van der Waals surface area contributed by atoms with E-state index in [1.54, 1.807) is 23.4 Å². The Hall–Kier alpha value is -1.63. The van der Waals surface area contributed by atoms with E-state index >= 15 is 0 Å². The molecule has 0 amide bonds. The molecule has 0 saturated carbocycles. The fourth-order valence-corrected chi connectivity index (χ4v) is 3.83. The van der Waals surface area contributed by atoms with Crippen LogP contribution in [0.25, 0.3) is 10.9 Å². The quantitative estimate of drug-likeness (QED) is 0.458. The first-order chi connectivity index (χ1) is 11.7. The summed E-state index contributed by atoms with van der Waals surface area (Å²) >= 11 is 5.05. The lowest BCUT2D eigenvalue weighted by Gasteiger charge is -2.12. The molecular formula is C18H17BrN2O2S. The second-order valence-electron chi connectivity index (χ2n) is 5.28. The number of aromatic nitrogens is 2. The molecule has 0 aliphatic heterocycles. The van der Waals surface area contributed by atoms with Gasteiger partial charge in [-0.15, -0.1) is 0 Å². The van der Waals surface area contributed by atoms with Crippen molar-refractivity contribution in [2.45, 2.75) is 17.5 Å². The average Bonchev–Trinajstić information content (AvgIpc) is 2.59. The zero-order valence-electron chi connectivity index (χ0n) is 13.2. The first-order valence-electron chi connectivity index (χ1n) is 7.55. The van der Waals surface area contributed by atoms with Crippen LogP contribution in [-0.2, 0) is 17.0 Å². The number of halogens is 1. The van der Waals surface area contributed by atoms with E-state index in [0.29, 0.717) is 18.5 Å². The maximum atomic E-state index is 12.8. The number of methoxy groups -OCH3 is 1. The van der Waals surface area contributed by atoms with E-state index in [1.165, 1.54) is 5.56 Å². The number of para-hydroxylation sites is 1. The van der Waals surface area contributed by atoms with Gasteiger partial charge in [-0.2, -0.15) is 0 Å². The molecule has 0 spiro atoms. The van der Waals surface area contributed by atoms with Gasteiger partial charge < -0.3 is 4.74 Å². The molecule has 24 heavy (non-hydrogen) atoms. The summed E-state index contributed by atoms with van der Waals surface area (Å²) in [6.45, 7) is 0.971. The Morgan fingerprint density at radius 2 is 2.04 bits per heavy atom. The van der Waals surface area contributed by atoms with Gasteiger partial charge in [0.1, 0.15) is 0 Å². The maximum Gasteiger partial charge on any atom is 0.262 e. The van der Waals surface area contributed by atoms with E-state index in [9.17, 15) is 4.79 Å². The minimum absolute atomic E-state index is 0.0191. The molecule has 0 N–H and O–H groups in total. The molecule has 1 heterocycles. The third-order valence-corrected chi connectivity index (χ3v) is 5.14. The third-order valence-electron chi connectivity index (χ3n) is 3.60. The first-order valence-corrected chi connectivity index (χ1v) is 9.32. The average molecular weight is 405 g/mol. The summed E-state index contributed by atoms with van der Waals surface area (Å²) in [4.78, 5) is 17.5. The molecule has 0 unspecified atom stereocenters. The number of hydrogen-bond acceptors (Lipinski definition) is 4. The highest BCUT2D eigenvalue weighted by Crippen LogP contribution is 2.23. The Balaban J connectivity index is 1.96. The second kappa shape index (κ2) is 7.96. The van der Waals surface area contributed by atoms with Gasteiger partial charge in [-0.1, -0.05) is 52.0 Å². The van der Waals surface area contributed by atoms with Crippen LogP contribution in [0.3, 0.4) is 0 Å². The summed E-state index contributed by atoms with van der Waals surface area (Å²) in [5.41, 5.74) is 1.89. The van der Waals surface area contributed by atoms with E-state index < -0.39 is 0 Å². The number of benzene rings is 2. The molecule has 6 heteroatoms. The molecule has 4 nitrogen and oxygen atoms in total. The predicted octanol–water partition coefficient (Wildman–Crippen LogP) is 4.10. The van der Waals surface area contributed by atoms with Crippen LogP contribution < -0.4 is 5.56 Å². The molecular weight excluding hydrogens is 388 g/mol. The largest absolute Gasteiger partial charge is 0.383 e. The third kappa shape index (κ3) is 3.88. The molecule has 3 aromatic rings. The van der Waals surface area contributed by atoms with Crippen molar-refractivity contribution in [1.29, 1.82) is 0 Å². The van der Waals surface area contributed by atoms with Crippen LogP contribution in [0.2, 0.25) is 0 Å². The van der Waals surface area contributed by atoms with Crippen LogP contribution in [0.15, 0.2) is 63.0 Å². The fraction of sp³-hybridized carbons (Fsp3) is 0.222. The van der Waals surface area contributed by atoms with Crippen molar-refractivity contribution < 1.29 is 4.74 Å². The maximum absolute atomic E-state index is 12.8. The lowest BCUT2D eigenvalue weighted by Crippen LogP contribution is -2.25. The highest BCUT2D eigenvalue weighted by atomic mass is 79.9. The number of rotatable bonds is 6. The fourth-order valence-electron chi connectivity index (χ4n) is 2.41. The van der Waals surface area contributed by atoms with Gasteiger partial charge in [-0.25, -0.2) is 4.98 Å². The van der Waals surface area contributed by atoms with E-state index in [1.807, 2.05) is 36.4 Å². The monoisotopic (exact) mass is 404 g/mol. The Kier molecular flexibility index (Phi) is 5.71. The Bertz CT molecular complexity index is 911. The standard InChI is InChI=1S/C18H17BrN2O2S/c1-23-10-9-21-17(22)15-7-2-3-8-16(15)20-18(21)24-12-13-5-4-6-14(19)11-13/h2-8,11H,9-10,12H2,1H3. The molecule has 3 rings (SSSR count). The zero-order chi connectivity index (χ0) is 16.9. The van der Waals surface area contributed by atoms with E-state index in [-0.39, 0.29) is 5.56 Å². The minimum Gasteiger partial charge on any atom is -0.383 e. The van der Waals surface area contributed by atoms with Gasteiger partial charge in [0, 0.05) is 17.3 Å². The molecule has 0 radical (unpaired) electrons. The number of fused-ring (bicyclic) bond motifs is 1. The highest BCUT2D eigenvalue weighted by molar-refractivity contribution is 9.10. The van der Waals surface area contributed by atoms with Crippen molar-refractivity contribution in [3.63, 3.8) is 0 Å². The summed E-state index contributed by atoms with van der Waals surface area (Å²) in [6, 6.07) is 15.6. The SMILES string of the molecule is COCCn1c(SCc2cccc(Br)c2)nc2ccccc2c1=O. The molecule has 124 valence electrons. The van der Waals surface area contributed by atoms with Crippen LogP contribution in [0.1, 0.15) is 5.56 Å². The minimum atomic E-state index is -0.0191. The molecule has 0 aliphatic carbocycles. The summed E-state index contributed by atoms with van der Waals surface area (Å²) in [5, 5.41) is 1.36. The Morgan fingerprint density at radius 3 is 2.83 bits per heavy atom. The number of thioether (sulfide) groups is 1. The molecule has 0 fully saturated rings. The summed E-state index contributed by atoms with van der Waals surface area (Å²) in [6.07, 6.45) is 0. The van der Waals surface area contributed by atoms with Gasteiger partial charge in [0.2, 0.25) is 0 Å². The summed E-state index contributed by atoms with van der Waals surface area (Å²) in [5.74, 6) is 0.747. The van der Waals surface area contributed by atoms with Crippen molar-refractivity contribution in [1.82, 2.24) is 9.55 Å². The predicted molar refractivity (Wildman–Crippen MR) is 102 cm³/mol. The number of nitrogens with zero attached hydrogens (tertiary/aromatic N) is 2. The van der Waals surface area contributed by atoms with Crippen molar-refractivity contribution in [2.75, 3.05) is 13.7 Å². The van der Waals surface area contributed by atoms with E-state index in [0.717, 1.165) is 20.9 Å². The smallest absolute Gasteiger partial charge is 0.262 e. The molecule has 0 saturated heterocycles. The van der Waals surface area contributed by atoms with Gasteiger partial charge >= 0.3 is 0 Å². The lowest BCUT2D eigenvalue weighted by molar-refractivity contribution is 0.183. The molecule has 2 aromatic carbocycles. The van der Waals surface area contributed by atoms with E-state index in [4.69, 9.17) is 4.74 Å². The molecule has 1 aromatic heterocycles. The van der Waals surface area contributed by atoms with Crippen LogP contribution in [0.5, 0.6) is 0 Å². The van der Waals surface area contributed by atoms with Gasteiger partial charge in [-0.3, -0.25) is 9.36 Å². The van der Waals surface area contributed by atoms with Crippen LogP contribution in [0.4, 0.5) is 0 Å². The summed E-state index contributed by atoms with van der Waals surface area (Å²) < 4.78 is 7.89. The zero-order valence-corrected chi connectivity index (χ0v) is 15.6. The molecule has 0 bridgehead atoms. The van der Waals surface area contributed by atoms with E-state index in [2.05, 4.69) is 33.0 Å². The summed E-state index contributed by atoms with van der Waals surface area (Å²) in [7, 11) is 1.63. The normalized spacial score (nSPS) is 11.1. The van der Waals surface area contributed by atoms with Crippen molar-refractivity contribution in [3.05, 3.63) is 68.9 Å². The first kappa shape index (κ1) is 17.2. The molecule has 0 aliphatic rings. The van der Waals surface area contributed by atoms with Crippen molar-refractivity contribution >= 4 is 38.6 Å². The second-order valence-corrected chi connectivity index (χ2v) is 7.14. The van der Waals surface area contributed by atoms with Crippen LogP contribution >= 0.6 is 27.7 Å². The van der Waals surface area contributed by atoms with Gasteiger partial charge in [-0.05, 0) is 29.8 Å². The van der Waals surface area contributed by atoms with Gasteiger partial charge in [0.25, 0.3) is 5.56 Å². The Labute approximate surface area is 153 Å². The van der Waals surface area contributed by atoms with Gasteiger partial charge in [0.15, 0.2) is 5.16 Å². The topological polar surface area (TPSA) is 44.1 Å². The van der Waals surface area contributed by atoms with Crippen molar-refractivity contribution in [2.24, 2.45) is 0 Å². The van der Waals surface area contributed by atoms with Crippen LogP contribution in [-0.4, -0.2) is 23.3 Å². The van der Waals surface area contributed by atoms with Crippen LogP contribution in [0, 0.1) is 0 Å². The Morgan fingerprint density at radius 1 is 1.21 bits per heavy atom. The highest BCUT2D eigenvalue weighted by Gasteiger charge is 2.11.